The fourth-order valence-corrected chi connectivity index (χ4v) is 3.52. The number of aliphatic imine (C=N–C) groups is 1. The Balaban J connectivity index is 0.00000338. The molecule has 0 atom stereocenters. The van der Waals surface area contributed by atoms with Crippen LogP contribution < -0.4 is 10.6 Å². The molecule has 2 aliphatic heterocycles. The highest BCUT2D eigenvalue weighted by atomic mass is 127. The number of carbonyl (C=O) groups is 2. The summed E-state index contributed by atoms with van der Waals surface area (Å²) in [5.41, 5.74) is 0. The van der Waals surface area contributed by atoms with E-state index < -0.39 is 0 Å². The van der Waals surface area contributed by atoms with Crippen LogP contribution in [0.3, 0.4) is 0 Å². The van der Waals surface area contributed by atoms with Gasteiger partial charge in [-0.05, 0) is 38.5 Å². The molecule has 0 aliphatic carbocycles. The van der Waals surface area contributed by atoms with Crippen molar-refractivity contribution in [3.63, 3.8) is 0 Å². The third kappa shape index (κ3) is 7.28. The molecule has 2 rings (SSSR count). The topological polar surface area (TPSA) is 77.0 Å². The molecule has 26 heavy (non-hydrogen) atoms. The molecule has 0 aromatic carbocycles. The average Bonchev–Trinajstić information content (AvgIpc) is 3.16. The smallest absolute Gasteiger partial charge is 0.224 e. The third-order valence-electron chi connectivity index (χ3n) is 5.05. The second kappa shape index (κ2) is 12.3. The van der Waals surface area contributed by atoms with Crippen LogP contribution in [0.2, 0.25) is 0 Å². The van der Waals surface area contributed by atoms with Gasteiger partial charge in [0.1, 0.15) is 0 Å². The number of hydrogen-bond donors (Lipinski definition) is 2. The number of piperidine rings is 1. The van der Waals surface area contributed by atoms with E-state index in [2.05, 4.69) is 27.4 Å². The zero-order valence-corrected chi connectivity index (χ0v) is 18.5. The molecule has 2 saturated heterocycles. The molecule has 150 valence electrons. The van der Waals surface area contributed by atoms with Crippen molar-refractivity contribution in [1.82, 2.24) is 20.4 Å². The van der Waals surface area contributed by atoms with Crippen molar-refractivity contribution in [2.75, 3.05) is 46.3 Å². The van der Waals surface area contributed by atoms with Gasteiger partial charge in [0.25, 0.3) is 0 Å². The first-order valence-corrected chi connectivity index (χ1v) is 9.65. The number of nitrogens with one attached hydrogen (secondary N) is 2. The molecule has 7 nitrogen and oxygen atoms in total. The summed E-state index contributed by atoms with van der Waals surface area (Å²) in [6.45, 7) is 7.04. The Kier molecular flexibility index (Phi) is 10.9. The van der Waals surface area contributed by atoms with E-state index in [-0.39, 0.29) is 35.8 Å². The Morgan fingerprint density at radius 1 is 1.08 bits per heavy atom. The normalized spacial score (nSPS) is 18.5. The molecule has 0 radical (unpaired) electrons. The Bertz CT molecular complexity index is 472. The highest BCUT2D eigenvalue weighted by Crippen LogP contribution is 2.20. The zero-order chi connectivity index (χ0) is 18.1. The minimum atomic E-state index is 0. The van der Waals surface area contributed by atoms with Gasteiger partial charge < -0.3 is 20.4 Å². The van der Waals surface area contributed by atoms with Gasteiger partial charge in [-0.1, -0.05) is 0 Å². The van der Waals surface area contributed by atoms with Crippen LogP contribution >= 0.6 is 24.0 Å². The molecular weight excluding hydrogens is 445 g/mol. The predicted octanol–water partition coefficient (Wildman–Crippen LogP) is 1.43. The van der Waals surface area contributed by atoms with E-state index in [0.29, 0.717) is 25.3 Å². The first-order valence-electron chi connectivity index (χ1n) is 9.65. The minimum Gasteiger partial charge on any atom is -0.359 e. The van der Waals surface area contributed by atoms with Crippen molar-refractivity contribution in [2.45, 2.75) is 45.4 Å². The van der Waals surface area contributed by atoms with Gasteiger partial charge >= 0.3 is 0 Å². The van der Waals surface area contributed by atoms with Gasteiger partial charge in [-0.3, -0.25) is 14.6 Å². The molecule has 2 aliphatic rings. The fraction of sp³-hybridized carbons (Fsp3) is 0.833. The van der Waals surface area contributed by atoms with Crippen molar-refractivity contribution in [2.24, 2.45) is 10.9 Å². The second-order valence-electron chi connectivity index (χ2n) is 6.88. The summed E-state index contributed by atoms with van der Waals surface area (Å²) in [6.07, 6.45) is 5.37. The first kappa shape index (κ1) is 23.0. The lowest BCUT2D eigenvalue weighted by molar-refractivity contribution is -0.129. The van der Waals surface area contributed by atoms with Gasteiger partial charge in [0.05, 0.1) is 6.54 Å². The van der Waals surface area contributed by atoms with Crippen molar-refractivity contribution < 1.29 is 9.59 Å². The van der Waals surface area contributed by atoms with Gasteiger partial charge in [-0.2, -0.15) is 0 Å². The molecule has 2 heterocycles. The third-order valence-corrected chi connectivity index (χ3v) is 5.05. The lowest BCUT2D eigenvalue weighted by atomic mass is 9.93. The van der Waals surface area contributed by atoms with Crippen LogP contribution in [0.1, 0.15) is 45.4 Å². The summed E-state index contributed by atoms with van der Waals surface area (Å²) in [5.74, 6) is 1.70. The summed E-state index contributed by atoms with van der Waals surface area (Å²) in [5, 5.41) is 6.04. The van der Waals surface area contributed by atoms with Crippen molar-refractivity contribution in [3.8, 4) is 0 Å². The predicted molar refractivity (Wildman–Crippen MR) is 115 cm³/mol. The molecule has 2 amide bonds. The molecule has 8 heteroatoms. The Morgan fingerprint density at radius 2 is 1.73 bits per heavy atom. The largest absolute Gasteiger partial charge is 0.359 e. The van der Waals surface area contributed by atoms with Crippen LogP contribution in [0.4, 0.5) is 0 Å². The lowest BCUT2D eigenvalue weighted by Crippen LogP contribution is -2.46. The van der Waals surface area contributed by atoms with E-state index in [1.165, 1.54) is 0 Å². The van der Waals surface area contributed by atoms with Crippen LogP contribution in [0.5, 0.6) is 0 Å². The standard InChI is InChI=1S/C18H33N5O2.HI/c1-3-20-18(21-9-6-17(25)22-10-4-5-11-22)23-12-7-15(8-13-23)14-16(24)19-2;/h15H,3-14H2,1-2H3,(H,19,24)(H,20,21);1H. The Hall–Kier alpha value is -1.06. The summed E-state index contributed by atoms with van der Waals surface area (Å²) >= 11 is 0. The molecule has 0 unspecified atom stereocenters. The lowest BCUT2D eigenvalue weighted by Gasteiger charge is -2.34. The van der Waals surface area contributed by atoms with Crippen molar-refractivity contribution >= 4 is 41.8 Å². The Morgan fingerprint density at radius 3 is 2.31 bits per heavy atom. The Labute approximate surface area is 174 Å². The molecule has 2 fully saturated rings. The number of rotatable bonds is 6. The number of hydrogen-bond acceptors (Lipinski definition) is 3. The van der Waals surface area contributed by atoms with Gasteiger partial charge in [0.15, 0.2) is 5.96 Å². The van der Waals surface area contributed by atoms with Crippen LogP contribution in [0, 0.1) is 5.92 Å². The van der Waals surface area contributed by atoms with E-state index in [0.717, 1.165) is 64.4 Å². The van der Waals surface area contributed by atoms with Crippen LogP contribution in [0.25, 0.3) is 0 Å². The number of amides is 2. The van der Waals surface area contributed by atoms with E-state index in [4.69, 9.17) is 0 Å². The first-order chi connectivity index (χ1) is 12.1. The summed E-state index contributed by atoms with van der Waals surface area (Å²) in [4.78, 5) is 32.5. The molecule has 0 spiro atoms. The van der Waals surface area contributed by atoms with E-state index in [9.17, 15) is 9.59 Å². The molecule has 0 bridgehead atoms. The fourth-order valence-electron chi connectivity index (χ4n) is 3.52. The number of carbonyl (C=O) groups excluding carboxylic acids is 2. The van der Waals surface area contributed by atoms with E-state index in [1.807, 2.05) is 4.90 Å². The highest BCUT2D eigenvalue weighted by molar-refractivity contribution is 14.0. The molecular formula is C18H34IN5O2. The number of likely N-dealkylation sites (tertiary alicyclic amines) is 2. The summed E-state index contributed by atoms with van der Waals surface area (Å²) in [7, 11) is 1.69. The van der Waals surface area contributed by atoms with Gasteiger partial charge in [0, 0.05) is 52.6 Å². The SMILES string of the molecule is CCNC(=NCCC(=O)N1CCCC1)N1CCC(CC(=O)NC)CC1.I. The number of guanidine groups is 1. The number of halogens is 1. The van der Waals surface area contributed by atoms with Crippen LogP contribution in [0.15, 0.2) is 4.99 Å². The minimum absolute atomic E-state index is 0. The highest BCUT2D eigenvalue weighted by Gasteiger charge is 2.23. The van der Waals surface area contributed by atoms with Gasteiger partial charge in [0.2, 0.25) is 11.8 Å². The second-order valence-corrected chi connectivity index (χ2v) is 6.88. The molecule has 0 aromatic heterocycles. The molecule has 0 saturated carbocycles. The monoisotopic (exact) mass is 479 g/mol. The van der Waals surface area contributed by atoms with E-state index in [1.54, 1.807) is 7.05 Å². The quantitative estimate of drug-likeness (QED) is 0.344. The molecule has 0 aromatic rings. The van der Waals surface area contributed by atoms with Crippen LogP contribution in [-0.4, -0.2) is 73.9 Å². The van der Waals surface area contributed by atoms with Crippen LogP contribution in [-0.2, 0) is 9.59 Å². The maximum absolute atomic E-state index is 12.1. The number of nitrogens with zero attached hydrogens (tertiary/aromatic N) is 3. The summed E-state index contributed by atoms with van der Waals surface area (Å²) in [6, 6.07) is 0. The van der Waals surface area contributed by atoms with Crippen molar-refractivity contribution in [3.05, 3.63) is 0 Å². The van der Waals surface area contributed by atoms with Gasteiger partial charge in [-0.15, -0.1) is 24.0 Å². The summed E-state index contributed by atoms with van der Waals surface area (Å²) < 4.78 is 0. The average molecular weight is 479 g/mol. The molecule has 2 N–H and O–H groups in total. The maximum Gasteiger partial charge on any atom is 0.224 e. The van der Waals surface area contributed by atoms with Crippen molar-refractivity contribution in [1.29, 1.82) is 0 Å². The van der Waals surface area contributed by atoms with E-state index >= 15 is 0 Å². The maximum atomic E-state index is 12.1. The van der Waals surface area contributed by atoms with Gasteiger partial charge in [-0.25, -0.2) is 0 Å². The zero-order valence-electron chi connectivity index (χ0n) is 16.1.